The molecular weight excluding hydrogens is 410 g/mol. The quantitative estimate of drug-likeness (QED) is 0.597. The number of hydrogen-bond donors (Lipinski definition) is 0. The molecule has 1 amide bonds. The van der Waals surface area contributed by atoms with Gasteiger partial charge in [0.05, 0.1) is 11.6 Å². The van der Waals surface area contributed by atoms with Gasteiger partial charge in [0.1, 0.15) is 5.82 Å². The summed E-state index contributed by atoms with van der Waals surface area (Å²) in [5, 5.41) is 8.60. The Balaban J connectivity index is 1.47. The summed E-state index contributed by atoms with van der Waals surface area (Å²) in [4.78, 5) is 16.1. The van der Waals surface area contributed by atoms with Gasteiger partial charge in [0.15, 0.2) is 0 Å². The first-order chi connectivity index (χ1) is 14.8. The highest BCUT2D eigenvalue weighted by atomic mass is 19.4. The second-order valence-corrected chi connectivity index (χ2v) is 8.24. The van der Waals surface area contributed by atoms with Crippen molar-refractivity contribution in [2.24, 2.45) is 5.92 Å². The minimum Gasteiger partial charge on any atom is -0.343 e. The monoisotopic (exact) mass is 437 g/mol. The Hall–Kier alpha value is -2.40. The van der Waals surface area contributed by atoms with Gasteiger partial charge in [-0.15, -0.1) is 0 Å². The number of alkyl halides is 3. The SMILES string of the molecule is N#CCCC(=O)N1CCC(CCN2CC=C(c3cc(C(F)(F)F)ccc3F)CC2)CC1. The predicted molar refractivity (Wildman–Crippen MR) is 109 cm³/mol. The second kappa shape index (κ2) is 10.3. The minimum atomic E-state index is -4.49. The fraction of sp³-hybridized carbons (Fsp3) is 0.565. The topological polar surface area (TPSA) is 47.3 Å². The van der Waals surface area contributed by atoms with Crippen LogP contribution in [0.5, 0.6) is 0 Å². The molecule has 2 heterocycles. The van der Waals surface area contributed by atoms with Crippen molar-refractivity contribution in [3.63, 3.8) is 0 Å². The van der Waals surface area contributed by atoms with Crippen molar-refractivity contribution >= 4 is 11.5 Å². The van der Waals surface area contributed by atoms with E-state index in [2.05, 4.69) is 4.90 Å². The van der Waals surface area contributed by atoms with Gasteiger partial charge in [-0.05, 0) is 61.9 Å². The smallest absolute Gasteiger partial charge is 0.343 e. The zero-order valence-corrected chi connectivity index (χ0v) is 17.4. The highest BCUT2D eigenvalue weighted by Gasteiger charge is 2.31. The first-order valence-corrected chi connectivity index (χ1v) is 10.7. The van der Waals surface area contributed by atoms with Gasteiger partial charge in [0.2, 0.25) is 5.91 Å². The molecule has 0 N–H and O–H groups in total. The van der Waals surface area contributed by atoms with Crippen molar-refractivity contribution in [2.45, 2.75) is 44.7 Å². The van der Waals surface area contributed by atoms with Crippen molar-refractivity contribution in [3.8, 4) is 6.07 Å². The van der Waals surface area contributed by atoms with Crippen LogP contribution < -0.4 is 0 Å². The van der Waals surface area contributed by atoms with Crippen LogP contribution in [0.25, 0.3) is 5.57 Å². The Labute approximate surface area is 180 Å². The molecule has 0 bridgehead atoms. The van der Waals surface area contributed by atoms with E-state index < -0.39 is 17.6 Å². The largest absolute Gasteiger partial charge is 0.416 e. The molecule has 1 fully saturated rings. The first-order valence-electron chi connectivity index (χ1n) is 10.7. The number of nitriles is 1. The van der Waals surface area contributed by atoms with Crippen LogP contribution in [0.4, 0.5) is 17.6 Å². The number of amides is 1. The second-order valence-electron chi connectivity index (χ2n) is 8.24. The molecule has 0 spiro atoms. The number of likely N-dealkylation sites (tertiary alicyclic amines) is 1. The molecule has 1 aromatic rings. The van der Waals surface area contributed by atoms with E-state index in [-0.39, 0.29) is 24.3 Å². The molecular formula is C23H27F4N3O. The van der Waals surface area contributed by atoms with E-state index in [0.717, 1.165) is 57.1 Å². The van der Waals surface area contributed by atoms with E-state index >= 15 is 0 Å². The Kier molecular flexibility index (Phi) is 7.71. The lowest BCUT2D eigenvalue weighted by molar-refractivity contribution is -0.137. The van der Waals surface area contributed by atoms with Crippen LogP contribution in [-0.2, 0) is 11.0 Å². The highest BCUT2D eigenvalue weighted by molar-refractivity contribution is 5.76. The van der Waals surface area contributed by atoms with Crippen LogP contribution >= 0.6 is 0 Å². The summed E-state index contributed by atoms with van der Waals surface area (Å²) in [6, 6.07) is 4.57. The summed E-state index contributed by atoms with van der Waals surface area (Å²) in [5.41, 5.74) is -0.156. The maximum atomic E-state index is 14.1. The molecule has 1 aromatic carbocycles. The third kappa shape index (κ3) is 6.30. The summed E-state index contributed by atoms with van der Waals surface area (Å²) in [7, 11) is 0. The average Bonchev–Trinajstić information content (AvgIpc) is 2.76. The van der Waals surface area contributed by atoms with Crippen molar-refractivity contribution in [1.29, 1.82) is 5.26 Å². The van der Waals surface area contributed by atoms with Crippen molar-refractivity contribution < 1.29 is 22.4 Å². The molecule has 8 heteroatoms. The lowest BCUT2D eigenvalue weighted by atomic mass is 9.92. The normalized spacial score (nSPS) is 18.5. The Morgan fingerprint density at radius 1 is 1.19 bits per heavy atom. The van der Waals surface area contributed by atoms with Crippen molar-refractivity contribution in [3.05, 3.63) is 41.2 Å². The van der Waals surface area contributed by atoms with E-state index in [9.17, 15) is 22.4 Å². The van der Waals surface area contributed by atoms with Gasteiger partial charge in [-0.2, -0.15) is 18.4 Å². The maximum absolute atomic E-state index is 14.1. The summed E-state index contributed by atoms with van der Waals surface area (Å²) < 4.78 is 53.0. The zero-order valence-electron chi connectivity index (χ0n) is 17.4. The molecule has 0 saturated carbocycles. The van der Waals surface area contributed by atoms with Crippen LogP contribution in [0.3, 0.4) is 0 Å². The molecule has 3 rings (SSSR count). The van der Waals surface area contributed by atoms with Gasteiger partial charge in [-0.1, -0.05) is 6.08 Å². The molecule has 31 heavy (non-hydrogen) atoms. The standard InChI is InChI=1S/C23H27F4N3O/c24-21-4-3-19(23(25,26)27)16-20(21)18-8-12-29(13-9-18)11-5-17-6-14-30(15-7-17)22(31)2-1-10-28/h3-4,8,16-17H,1-2,5-7,9,11-15H2. The number of nitrogens with zero attached hydrogens (tertiary/aromatic N) is 3. The summed E-state index contributed by atoms with van der Waals surface area (Å²) in [6.45, 7) is 3.62. The van der Waals surface area contributed by atoms with Crippen LogP contribution in [0.15, 0.2) is 24.3 Å². The van der Waals surface area contributed by atoms with Gasteiger partial charge < -0.3 is 4.90 Å². The molecule has 2 aliphatic rings. The van der Waals surface area contributed by atoms with Gasteiger partial charge in [0, 0.05) is 44.6 Å². The molecule has 2 aliphatic heterocycles. The lowest BCUT2D eigenvalue weighted by Gasteiger charge is -2.34. The first kappa shape index (κ1) is 23.3. The molecule has 0 aliphatic carbocycles. The van der Waals surface area contributed by atoms with Gasteiger partial charge in [0.25, 0.3) is 0 Å². The van der Waals surface area contributed by atoms with Crippen LogP contribution in [-0.4, -0.2) is 48.4 Å². The lowest BCUT2D eigenvalue weighted by Crippen LogP contribution is -2.39. The fourth-order valence-corrected chi connectivity index (χ4v) is 4.26. The number of hydrogen-bond acceptors (Lipinski definition) is 3. The molecule has 0 unspecified atom stereocenters. The number of carbonyl (C=O) groups is 1. The van der Waals surface area contributed by atoms with Crippen molar-refractivity contribution in [2.75, 3.05) is 32.7 Å². The van der Waals surface area contributed by atoms with Crippen LogP contribution in [0, 0.1) is 23.1 Å². The van der Waals surface area contributed by atoms with E-state index in [0.29, 0.717) is 31.0 Å². The third-order valence-corrected chi connectivity index (χ3v) is 6.20. The van der Waals surface area contributed by atoms with Crippen LogP contribution in [0.1, 0.15) is 49.7 Å². The molecule has 168 valence electrons. The van der Waals surface area contributed by atoms with E-state index in [1.54, 1.807) is 0 Å². The van der Waals surface area contributed by atoms with E-state index in [4.69, 9.17) is 5.26 Å². The summed E-state index contributed by atoms with van der Waals surface area (Å²) >= 11 is 0. The molecule has 0 atom stereocenters. The third-order valence-electron chi connectivity index (χ3n) is 6.20. The van der Waals surface area contributed by atoms with Crippen molar-refractivity contribution in [1.82, 2.24) is 9.80 Å². The predicted octanol–water partition coefficient (Wildman–Crippen LogP) is 4.87. The number of halogens is 4. The molecule has 4 nitrogen and oxygen atoms in total. The van der Waals surface area contributed by atoms with Gasteiger partial charge >= 0.3 is 6.18 Å². The molecule has 0 aromatic heterocycles. The molecule has 1 saturated heterocycles. The maximum Gasteiger partial charge on any atom is 0.416 e. The number of benzene rings is 1. The minimum absolute atomic E-state index is 0.0444. The summed E-state index contributed by atoms with van der Waals surface area (Å²) in [6.07, 6.45) is 1.30. The van der Waals surface area contributed by atoms with Crippen LogP contribution in [0.2, 0.25) is 0 Å². The fourth-order valence-electron chi connectivity index (χ4n) is 4.26. The highest BCUT2D eigenvalue weighted by Crippen LogP contribution is 2.33. The number of carbonyl (C=O) groups excluding carboxylic acids is 1. The summed E-state index contributed by atoms with van der Waals surface area (Å²) in [5.74, 6) is -0.0365. The van der Waals surface area contributed by atoms with E-state index in [1.807, 2.05) is 17.0 Å². The van der Waals surface area contributed by atoms with E-state index in [1.165, 1.54) is 0 Å². The Bertz CT molecular complexity index is 851. The van der Waals surface area contributed by atoms with Gasteiger partial charge in [-0.25, -0.2) is 4.39 Å². The Morgan fingerprint density at radius 2 is 1.94 bits per heavy atom. The molecule has 0 radical (unpaired) electrons. The average molecular weight is 437 g/mol. The zero-order chi connectivity index (χ0) is 22.4. The number of rotatable bonds is 6. The number of piperidine rings is 1. The van der Waals surface area contributed by atoms with Gasteiger partial charge in [-0.3, -0.25) is 9.69 Å². The Morgan fingerprint density at radius 3 is 2.55 bits per heavy atom.